The van der Waals surface area contributed by atoms with Crippen LogP contribution in [0.15, 0.2) is 30.3 Å². The number of halogens is 3. The van der Waals surface area contributed by atoms with Crippen LogP contribution in [0.25, 0.3) is 0 Å². The molecule has 2 heterocycles. The van der Waals surface area contributed by atoms with Gasteiger partial charge >= 0.3 is 6.18 Å². The Labute approximate surface area is 162 Å². The van der Waals surface area contributed by atoms with Gasteiger partial charge in [-0.05, 0) is 37.5 Å². The second-order valence-electron chi connectivity index (χ2n) is 6.94. The molecule has 2 aromatic rings. The number of hydrogen-bond acceptors (Lipinski definition) is 5. The lowest BCUT2D eigenvalue weighted by atomic mass is 10.2. The number of nitrogens with zero attached hydrogens (tertiary/aromatic N) is 3. The lowest BCUT2D eigenvalue weighted by molar-refractivity contribution is -0.137. The van der Waals surface area contributed by atoms with E-state index in [1.165, 1.54) is 6.07 Å². The van der Waals surface area contributed by atoms with Crippen molar-refractivity contribution in [3.63, 3.8) is 0 Å². The molecular weight excluding hydrogens is 369 g/mol. The molecule has 1 N–H and O–H groups in total. The molecule has 28 heavy (non-hydrogen) atoms. The van der Waals surface area contributed by atoms with Crippen molar-refractivity contribution in [2.75, 3.05) is 30.5 Å². The van der Waals surface area contributed by atoms with E-state index in [0.717, 1.165) is 55.9 Å². The van der Waals surface area contributed by atoms with Gasteiger partial charge in [0.15, 0.2) is 0 Å². The molecule has 1 aliphatic rings. The topological polar surface area (TPSA) is 50.3 Å². The van der Waals surface area contributed by atoms with Gasteiger partial charge < -0.3 is 15.0 Å². The van der Waals surface area contributed by atoms with Crippen molar-refractivity contribution >= 4 is 17.5 Å². The Balaban J connectivity index is 1.89. The largest absolute Gasteiger partial charge is 0.416 e. The van der Waals surface area contributed by atoms with Gasteiger partial charge in [0, 0.05) is 31.1 Å². The van der Waals surface area contributed by atoms with E-state index in [4.69, 9.17) is 4.74 Å². The monoisotopic (exact) mass is 394 g/mol. The van der Waals surface area contributed by atoms with Crippen molar-refractivity contribution in [3.8, 4) is 0 Å². The highest BCUT2D eigenvalue weighted by Gasteiger charge is 2.30. The molecule has 1 atom stereocenters. The van der Waals surface area contributed by atoms with Gasteiger partial charge in [0.2, 0.25) is 5.95 Å². The van der Waals surface area contributed by atoms with Crippen LogP contribution in [0.1, 0.15) is 37.4 Å². The summed E-state index contributed by atoms with van der Waals surface area (Å²) in [6, 6.07) is 7.28. The average Bonchev–Trinajstić information content (AvgIpc) is 3.10. The molecule has 1 aromatic heterocycles. The molecule has 1 saturated heterocycles. The number of ether oxygens (including phenoxy) is 1. The van der Waals surface area contributed by atoms with E-state index in [1.807, 2.05) is 6.07 Å². The van der Waals surface area contributed by atoms with Crippen molar-refractivity contribution in [2.45, 2.75) is 44.8 Å². The van der Waals surface area contributed by atoms with Gasteiger partial charge in [-0.2, -0.15) is 18.2 Å². The maximum atomic E-state index is 13.0. The lowest BCUT2D eigenvalue weighted by Gasteiger charge is -2.26. The Morgan fingerprint density at radius 3 is 2.79 bits per heavy atom. The zero-order chi connectivity index (χ0) is 20.1. The first-order valence-corrected chi connectivity index (χ1v) is 9.48. The van der Waals surface area contributed by atoms with Crippen LogP contribution < -0.4 is 10.2 Å². The summed E-state index contributed by atoms with van der Waals surface area (Å²) in [5, 5.41) is 2.95. The van der Waals surface area contributed by atoms with Crippen LogP contribution in [0.5, 0.6) is 0 Å². The third-order valence-corrected chi connectivity index (χ3v) is 4.75. The number of nitrogens with one attached hydrogen (secondary N) is 1. The predicted octanol–water partition coefficient (Wildman–Crippen LogP) is 4.81. The van der Waals surface area contributed by atoms with E-state index < -0.39 is 11.7 Å². The molecule has 152 valence electrons. The third-order valence-electron chi connectivity index (χ3n) is 4.75. The fourth-order valence-corrected chi connectivity index (χ4v) is 3.48. The van der Waals surface area contributed by atoms with Gasteiger partial charge in [-0.1, -0.05) is 19.4 Å². The van der Waals surface area contributed by atoms with Gasteiger partial charge in [0.05, 0.1) is 18.2 Å². The summed E-state index contributed by atoms with van der Waals surface area (Å²) >= 11 is 0. The molecule has 0 spiro atoms. The summed E-state index contributed by atoms with van der Waals surface area (Å²) in [5.74, 6) is 1.09. The molecule has 1 fully saturated rings. The summed E-state index contributed by atoms with van der Waals surface area (Å²) in [6.07, 6.45) is -0.623. The normalized spacial score (nSPS) is 17.2. The molecular formula is C20H25F3N4O. The molecule has 0 radical (unpaired) electrons. The van der Waals surface area contributed by atoms with Crippen molar-refractivity contribution in [1.29, 1.82) is 0 Å². The van der Waals surface area contributed by atoms with E-state index in [9.17, 15) is 13.2 Å². The van der Waals surface area contributed by atoms with E-state index >= 15 is 0 Å². The van der Waals surface area contributed by atoms with Crippen LogP contribution in [0, 0.1) is 0 Å². The number of anilines is 3. The van der Waals surface area contributed by atoms with Crippen molar-refractivity contribution in [3.05, 3.63) is 41.6 Å². The average molecular weight is 394 g/mol. The summed E-state index contributed by atoms with van der Waals surface area (Å²) in [5.41, 5.74) is 0.469. The minimum Gasteiger partial charge on any atom is -0.383 e. The maximum Gasteiger partial charge on any atom is 0.416 e. The minimum absolute atomic E-state index is 0.246. The van der Waals surface area contributed by atoms with Crippen LogP contribution >= 0.6 is 0 Å². The first kappa shape index (κ1) is 20.4. The summed E-state index contributed by atoms with van der Waals surface area (Å²) in [6.45, 7) is 3.55. The molecule has 0 bridgehead atoms. The number of aromatic nitrogens is 2. The summed E-state index contributed by atoms with van der Waals surface area (Å²) < 4.78 is 44.3. The highest BCUT2D eigenvalue weighted by Crippen LogP contribution is 2.32. The molecule has 0 aliphatic carbocycles. The standard InChI is InChI=1S/C20H25F3N4O/c1-3-6-15-12-18(27-10-5-9-17(27)13-28-2)26-19(24-15)25-16-8-4-7-14(11-16)20(21,22)23/h4,7-8,11-12,17H,3,5-6,9-10,13H2,1-2H3,(H,24,25,26)/t17-/m0/s1. The quantitative estimate of drug-likeness (QED) is 0.731. The van der Waals surface area contributed by atoms with Crippen molar-refractivity contribution < 1.29 is 17.9 Å². The molecule has 5 nitrogen and oxygen atoms in total. The smallest absolute Gasteiger partial charge is 0.383 e. The lowest BCUT2D eigenvalue weighted by Crippen LogP contribution is -2.33. The Kier molecular flexibility index (Phi) is 6.39. The van der Waals surface area contributed by atoms with E-state index in [2.05, 4.69) is 27.1 Å². The predicted molar refractivity (Wildman–Crippen MR) is 103 cm³/mol. The van der Waals surface area contributed by atoms with Crippen molar-refractivity contribution in [2.24, 2.45) is 0 Å². The van der Waals surface area contributed by atoms with Crippen LogP contribution in [0.2, 0.25) is 0 Å². The Morgan fingerprint density at radius 1 is 1.25 bits per heavy atom. The third kappa shape index (κ3) is 4.92. The highest BCUT2D eigenvalue weighted by molar-refractivity contribution is 5.57. The van der Waals surface area contributed by atoms with E-state index in [1.54, 1.807) is 13.2 Å². The minimum atomic E-state index is -4.39. The zero-order valence-corrected chi connectivity index (χ0v) is 16.1. The first-order valence-electron chi connectivity index (χ1n) is 9.48. The molecule has 1 aliphatic heterocycles. The second-order valence-corrected chi connectivity index (χ2v) is 6.94. The van der Waals surface area contributed by atoms with Gasteiger partial charge in [-0.3, -0.25) is 0 Å². The molecule has 0 amide bonds. The van der Waals surface area contributed by atoms with E-state index in [-0.39, 0.29) is 6.04 Å². The summed E-state index contributed by atoms with van der Waals surface area (Å²) in [7, 11) is 1.68. The van der Waals surface area contributed by atoms with Gasteiger partial charge in [-0.15, -0.1) is 0 Å². The molecule has 0 saturated carbocycles. The Hall–Kier alpha value is -2.35. The van der Waals surface area contributed by atoms with Crippen LogP contribution in [-0.2, 0) is 17.3 Å². The SMILES string of the molecule is CCCc1cc(N2CCC[C@H]2COC)nc(Nc2cccc(C(F)(F)F)c2)n1. The highest BCUT2D eigenvalue weighted by atomic mass is 19.4. The number of alkyl halides is 3. The first-order chi connectivity index (χ1) is 13.4. The number of rotatable bonds is 7. The number of benzene rings is 1. The van der Waals surface area contributed by atoms with Gasteiger partial charge in [-0.25, -0.2) is 4.98 Å². The van der Waals surface area contributed by atoms with Crippen LogP contribution in [0.3, 0.4) is 0 Å². The summed E-state index contributed by atoms with van der Waals surface area (Å²) in [4.78, 5) is 11.3. The fourth-order valence-electron chi connectivity index (χ4n) is 3.48. The van der Waals surface area contributed by atoms with Gasteiger partial charge in [0.25, 0.3) is 0 Å². The number of hydrogen-bond donors (Lipinski definition) is 1. The fraction of sp³-hybridized carbons (Fsp3) is 0.500. The number of aryl methyl sites for hydroxylation is 1. The van der Waals surface area contributed by atoms with Crippen molar-refractivity contribution in [1.82, 2.24) is 9.97 Å². The van der Waals surface area contributed by atoms with Crippen LogP contribution in [-0.4, -0.2) is 36.3 Å². The molecule has 3 rings (SSSR count). The second kappa shape index (κ2) is 8.77. The van der Waals surface area contributed by atoms with E-state index in [0.29, 0.717) is 18.2 Å². The number of methoxy groups -OCH3 is 1. The Bertz CT molecular complexity index is 797. The molecule has 0 unspecified atom stereocenters. The van der Waals surface area contributed by atoms with Gasteiger partial charge in [0.1, 0.15) is 5.82 Å². The zero-order valence-electron chi connectivity index (χ0n) is 16.1. The molecule has 1 aromatic carbocycles. The Morgan fingerprint density at radius 2 is 2.07 bits per heavy atom. The maximum absolute atomic E-state index is 13.0. The molecule has 8 heteroatoms. The van der Waals surface area contributed by atoms with Crippen LogP contribution in [0.4, 0.5) is 30.6 Å².